The van der Waals surface area contributed by atoms with Crippen molar-refractivity contribution < 1.29 is 5.11 Å². The van der Waals surface area contributed by atoms with Crippen LogP contribution in [-0.2, 0) is 6.54 Å². The Morgan fingerprint density at radius 2 is 1.96 bits per heavy atom. The summed E-state index contributed by atoms with van der Waals surface area (Å²) in [6.45, 7) is 4.64. The van der Waals surface area contributed by atoms with Crippen molar-refractivity contribution >= 4 is 10.9 Å². The van der Waals surface area contributed by atoms with E-state index < -0.39 is 0 Å². The van der Waals surface area contributed by atoms with E-state index in [0.29, 0.717) is 12.6 Å². The van der Waals surface area contributed by atoms with Gasteiger partial charge in [-0.15, -0.1) is 0 Å². The van der Waals surface area contributed by atoms with Gasteiger partial charge in [0.1, 0.15) is 0 Å². The molecule has 4 nitrogen and oxygen atoms in total. The largest absolute Gasteiger partial charge is 0.396 e. The maximum absolute atomic E-state index is 9.50. The molecule has 1 aliphatic heterocycles. The van der Waals surface area contributed by atoms with E-state index in [1.54, 1.807) is 0 Å². The summed E-state index contributed by atoms with van der Waals surface area (Å²) in [6.07, 6.45) is 6.37. The summed E-state index contributed by atoms with van der Waals surface area (Å²) in [5.74, 6) is 0. The Morgan fingerprint density at radius 1 is 1.12 bits per heavy atom. The molecule has 2 heterocycles. The average molecular weight is 327 g/mol. The zero-order chi connectivity index (χ0) is 16.4. The van der Waals surface area contributed by atoms with Gasteiger partial charge in [-0.1, -0.05) is 31.0 Å². The van der Waals surface area contributed by atoms with Crippen molar-refractivity contribution in [3.63, 3.8) is 0 Å². The number of rotatable bonds is 5. The fraction of sp³-hybridized carbons (Fsp3) is 0.600. The van der Waals surface area contributed by atoms with Gasteiger partial charge in [0.05, 0.1) is 0 Å². The molecule has 4 heteroatoms. The summed E-state index contributed by atoms with van der Waals surface area (Å²) in [7, 11) is 0. The summed E-state index contributed by atoms with van der Waals surface area (Å²) in [5, 5.41) is 10.8. The van der Waals surface area contributed by atoms with Crippen LogP contribution in [0, 0.1) is 0 Å². The Bertz CT molecular complexity index is 629. The van der Waals surface area contributed by atoms with Crippen LogP contribution in [0.25, 0.3) is 10.9 Å². The SMILES string of the molecule is OCCC1CN(Cc2cc3ccccc3[nH]2)CCN1C1CCCC1. The molecule has 1 unspecified atom stereocenters. The Hall–Kier alpha value is -1.36. The lowest BCUT2D eigenvalue weighted by Gasteiger charge is -2.44. The van der Waals surface area contributed by atoms with Crippen molar-refractivity contribution in [3.8, 4) is 0 Å². The number of nitrogens with zero attached hydrogens (tertiary/aromatic N) is 2. The highest BCUT2D eigenvalue weighted by Crippen LogP contribution is 2.28. The van der Waals surface area contributed by atoms with E-state index in [0.717, 1.165) is 38.6 Å². The van der Waals surface area contributed by atoms with Gasteiger partial charge in [0.25, 0.3) is 0 Å². The van der Waals surface area contributed by atoms with Crippen LogP contribution in [0.3, 0.4) is 0 Å². The van der Waals surface area contributed by atoms with E-state index in [4.69, 9.17) is 0 Å². The van der Waals surface area contributed by atoms with E-state index >= 15 is 0 Å². The number of hydrogen-bond donors (Lipinski definition) is 2. The lowest BCUT2D eigenvalue weighted by molar-refractivity contribution is 0.0263. The molecule has 130 valence electrons. The molecule has 1 aromatic carbocycles. The number of aliphatic hydroxyl groups excluding tert-OH is 1. The molecule has 0 radical (unpaired) electrons. The minimum atomic E-state index is 0.300. The molecule has 4 rings (SSSR count). The second kappa shape index (κ2) is 7.26. The van der Waals surface area contributed by atoms with E-state index in [-0.39, 0.29) is 0 Å². The number of para-hydroxylation sites is 1. The highest BCUT2D eigenvalue weighted by molar-refractivity contribution is 5.80. The highest BCUT2D eigenvalue weighted by Gasteiger charge is 2.32. The second-order valence-electron chi connectivity index (χ2n) is 7.46. The maximum atomic E-state index is 9.50. The Labute approximate surface area is 144 Å². The molecule has 24 heavy (non-hydrogen) atoms. The number of aromatic nitrogens is 1. The van der Waals surface area contributed by atoms with E-state index in [1.165, 1.54) is 42.3 Å². The number of benzene rings is 1. The molecule has 0 amide bonds. The zero-order valence-electron chi connectivity index (χ0n) is 14.5. The minimum absolute atomic E-state index is 0.300. The van der Waals surface area contributed by atoms with Gasteiger partial charge >= 0.3 is 0 Å². The van der Waals surface area contributed by atoms with Crippen molar-refractivity contribution in [1.29, 1.82) is 0 Å². The van der Waals surface area contributed by atoms with E-state index in [2.05, 4.69) is 45.1 Å². The number of hydrogen-bond acceptors (Lipinski definition) is 3. The predicted molar refractivity (Wildman–Crippen MR) is 98.0 cm³/mol. The van der Waals surface area contributed by atoms with Crippen LogP contribution in [0.4, 0.5) is 0 Å². The van der Waals surface area contributed by atoms with Crippen molar-refractivity contribution in [2.45, 2.75) is 50.7 Å². The van der Waals surface area contributed by atoms with Gasteiger partial charge in [0, 0.05) is 56.1 Å². The van der Waals surface area contributed by atoms with Crippen LogP contribution in [0.5, 0.6) is 0 Å². The van der Waals surface area contributed by atoms with Crippen molar-refractivity contribution in [2.75, 3.05) is 26.2 Å². The molecular formula is C20H29N3O. The zero-order valence-corrected chi connectivity index (χ0v) is 14.5. The first-order valence-corrected chi connectivity index (χ1v) is 9.49. The van der Waals surface area contributed by atoms with Crippen molar-refractivity contribution in [1.82, 2.24) is 14.8 Å². The summed E-state index contributed by atoms with van der Waals surface area (Å²) >= 11 is 0. The molecule has 2 N–H and O–H groups in total. The predicted octanol–water partition coefficient (Wildman–Crippen LogP) is 2.98. The van der Waals surface area contributed by atoms with Gasteiger partial charge in [-0.05, 0) is 36.8 Å². The average Bonchev–Trinajstić information content (AvgIpc) is 3.24. The molecule has 1 aromatic heterocycles. The summed E-state index contributed by atoms with van der Waals surface area (Å²) < 4.78 is 0. The monoisotopic (exact) mass is 327 g/mol. The van der Waals surface area contributed by atoms with Crippen LogP contribution in [0.2, 0.25) is 0 Å². The molecule has 1 saturated carbocycles. The van der Waals surface area contributed by atoms with Crippen molar-refractivity contribution in [2.24, 2.45) is 0 Å². The van der Waals surface area contributed by atoms with Crippen LogP contribution in [0.1, 0.15) is 37.8 Å². The molecule has 1 aliphatic carbocycles. The third-order valence-electron chi connectivity index (χ3n) is 5.85. The third-order valence-corrected chi connectivity index (χ3v) is 5.85. The normalized spacial score (nSPS) is 24.1. The summed E-state index contributed by atoms with van der Waals surface area (Å²) in [4.78, 5) is 8.80. The lowest BCUT2D eigenvalue weighted by atomic mass is 10.0. The topological polar surface area (TPSA) is 42.5 Å². The Kier molecular flexibility index (Phi) is 4.88. The van der Waals surface area contributed by atoms with Crippen LogP contribution in [-0.4, -0.2) is 58.2 Å². The second-order valence-corrected chi connectivity index (χ2v) is 7.46. The molecule has 2 aromatic rings. The Balaban J connectivity index is 1.43. The molecule has 0 bridgehead atoms. The standard InChI is InChI=1S/C20H29N3O/c24-12-9-19-15-22(10-11-23(19)18-6-2-3-7-18)14-17-13-16-5-1-4-8-20(16)21-17/h1,4-5,8,13,18-19,21,24H,2-3,6-7,9-12,14-15H2. The highest BCUT2D eigenvalue weighted by atomic mass is 16.3. The number of aromatic amines is 1. The lowest BCUT2D eigenvalue weighted by Crippen LogP contribution is -2.56. The first-order valence-electron chi connectivity index (χ1n) is 9.49. The van der Waals surface area contributed by atoms with Gasteiger partial charge in [-0.3, -0.25) is 9.80 Å². The van der Waals surface area contributed by atoms with Crippen LogP contribution in [0.15, 0.2) is 30.3 Å². The molecule has 1 atom stereocenters. The van der Waals surface area contributed by atoms with Gasteiger partial charge < -0.3 is 10.1 Å². The molecule has 2 aliphatic rings. The molecule has 2 fully saturated rings. The number of H-pyrrole nitrogens is 1. The van der Waals surface area contributed by atoms with Crippen molar-refractivity contribution in [3.05, 3.63) is 36.0 Å². The first-order chi connectivity index (χ1) is 11.8. The quantitative estimate of drug-likeness (QED) is 0.887. The van der Waals surface area contributed by atoms with Gasteiger partial charge in [0.2, 0.25) is 0 Å². The Morgan fingerprint density at radius 3 is 2.75 bits per heavy atom. The van der Waals surface area contributed by atoms with E-state index in [9.17, 15) is 5.11 Å². The third kappa shape index (κ3) is 3.37. The first kappa shape index (κ1) is 16.1. The van der Waals surface area contributed by atoms with Gasteiger partial charge in [-0.2, -0.15) is 0 Å². The van der Waals surface area contributed by atoms with Crippen LogP contribution >= 0.6 is 0 Å². The van der Waals surface area contributed by atoms with Gasteiger partial charge in [0.15, 0.2) is 0 Å². The van der Waals surface area contributed by atoms with E-state index in [1.807, 2.05) is 0 Å². The molecule has 1 saturated heterocycles. The smallest absolute Gasteiger partial charge is 0.0456 e. The summed E-state index contributed by atoms with van der Waals surface area (Å²) in [6, 6.07) is 12.0. The minimum Gasteiger partial charge on any atom is -0.396 e. The summed E-state index contributed by atoms with van der Waals surface area (Å²) in [5.41, 5.74) is 2.53. The maximum Gasteiger partial charge on any atom is 0.0456 e. The molecular weight excluding hydrogens is 298 g/mol. The number of aliphatic hydroxyl groups is 1. The molecule has 0 spiro atoms. The number of fused-ring (bicyclic) bond motifs is 1. The fourth-order valence-electron chi connectivity index (χ4n) is 4.66. The fourth-order valence-corrected chi connectivity index (χ4v) is 4.66. The van der Waals surface area contributed by atoms with Gasteiger partial charge in [-0.25, -0.2) is 0 Å². The van der Waals surface area contributed by atoms with Crippen LogP contribution < -0.4 is 0 Å². The number of nitrogens with one attached hydrogen (secondary N) is 1. The number of piperazine rings is 1.